The summed E-state index contributed by atoms with van der Waals surface area (Å²) in [4.78, 5) is 0. The molecule has 2 rings (SSSR count). The Labute approximate surface area is 93.6 Å². The zero-order valence-electron chi connectivity index (χ0n) is 10.3. The van der Waals surface area contributed by atoms with Gasteiger partial charge in [-0.3, -0.25) is 0 Å². The minimum Gasteiger partial charge on any atom is -0.385 e. The second kappa shape index (κ2) is 3.62. The molecular formula is C14H24O. The van der Waals surface area contributed by atoms with E-state index in [1.807, 2.05) is 0 Å². The van der Waals surface area contributed by atoms with Crippen molar-refractivity contribution in [3.05, 3.63) is 12.2 Å². The lowest BCUT2D eigenvalue weighted by atomic mass is 9.65. The molecule has 0 heterocycles. The van der Waals surface area contributed by atoms with Crippen molar-refractivity contribution in [2.75, 3.05) is 0 Å². The van der Waals surface area contributed by atoms with Crippen LogP contribution in [0.15, 0.2) is 12.2 Å². The second-order valence-corrected chi connectivity index (χ2v) is 6.03. The highest BCUT2D eigenvalue weighted by Crippen LogP contribution is 2.57. The highest BCUT2D eigenvalue weighted by Gasteiger charge is 2.55. The van der Waals surface area contributed by atoms with Gasteiger partial charge >= 0.3 is 0 Å². The molecule has 2 aliphatic carbocycles. The van der Waals surface area contributed by atoms with Crippen LogP contribution in [-0.2, 0) is 0 Å². The summed E-state index contributed by atoms with van der Waals surface area (Å²) in [6.07, 6.45) is 9.99. The van der Waals surface area contributed by atoms with Crippen molar-refractivity contribution in [2.45, 2.75) is 58.5 Å². The smallest absolute Gasteiger partial charge is 0.0883 e. The topological polar surface area (TPSA) is 20.2 Å². The number of fused-ring (bicyclic) bond motifs is 1. The van der Waals surface area contributed by atoms with E-state index >= 15 is 0 Å². The Bertz CT molecular complexity index is 269. The van der Waals surface area contributed by atoms with Gasteiger partial charge in [-0.1, -0.05) is 32.9 Å². The van der Waals surface area contributed by atoms with E-state index < -0.39 is 5.60 Å². The van der Waals surface area contributed by atoms with Crippen LogP contribution in [0.2, 0.25) is 0 Å². The number of allylic oxidation sites excluding steroid dienone is 1. The Balaban J connectivity index is 2.35. The van der Waals surface area contributed by atoms with Gasteiger partial charge in [-0.2, -0.15) is 0 Å². The van der Waals surface area contributed by atoms with E-state index in [-0.39, 0.29) is 5.41 Å². The summed E-state index contributed by atoms with van der Waals surface area (Å²) in [5, 5.41) is 10.8. The van der Waals surface area contributed by atoms with Gasteiger partial charge in [0.05, 0.1) is 5.60 Å². The van der Waals surface area contributed by atoms with Crippen LogP contribution >= 0.6 is 0 Å². The van der Waals surface area contributed by atoms with Crippen molar-refractivity contribution in [1.82, 2.24) is 0 Å². The molecule has 3 atom stereocenters. The van der Waals surface area contributed by atoms with Crippen LogP contribution in [0.1, 0.15) is 52.9 Å². The first-order chi connectivity index (χ1) is 7.00. The fourth-order valence-electron chi connectivity index (χ4n) is 3.91. The van der Waals surface area contributed by atoms with Gasteiger partial charge in [-0.05, 0) is 43.9 Å². The molecule has 0 spiro atoms. The molecule has 1 heteroatoms. The molecule has 1 fully saturated rings. The number of rotatable bonds is 1. The van der Waals surface area contributed by atoms with Crippen LogP contribution in [0.5, 0.6) is 0 Å². The zero-order chi connectivity index (χ0) is 11.1. The Hall–Kier alpha value is -0.300. The highest BCUT2D eigenvalue weighted by atomic mass is 16.3. The van der Waals surface area contributed by atoms with Gasteiger partial charge in [-0.15, -0.1) is 0 Å². The fraction of sp³-hybridized carbons (Fsp3) is 0.857. The van der Waals surface area contributed by atoms with E-state index in [9.17, 15) is 5.11 Å². The molecule has 1 unspecified atom stereocenters. The van der Waals surface area contributed by atoms with Crippen molar-refractivity contribution >= 4 is 0 Å². The van der Waals surface area contributed by atoms with Crippen LogP contribution in [0.3, 0.4) is 0 Å². The van der Waals surface area contributed by atoms with Crippen molar-refractivity contribution in [1.29, 1.82) is 0 Å². The molecule has 86 valence electrons. The summed E-state index contributed by atoms with van der Waals surface area (Å²) in [6.45, 7) is 6.91. The molecule has 0 saturated heterocycles. The minimum absolute atomic E-state index is 0.119. The van der Waals surface area contributed by atoms with Gasteiger partial charge in [0.2, 0.25) is 0 Å². The van der Waals surface area contributed by atoms with Gasteiger partial charge in [-0.25, -0.2) is 0 Å². The summed E-state index contributed by atoms with van der Waals surface area (Å²) in [7, 11) is 0. The lowest BCUT2D eigenvalue weighted by Gasteiger charge is -2.42. The first-order valence-corrected chi connectivity index (χ1v) is 6.40. The maximum absolute atomic E-state index is 10.8. The maximum atomic E-state index is 10.8. The van der Waals surface area contributed by atoms with Gasteiger partial charge in [0, 0.05) is 5.41 Å². The van der Waals surface area contributed by atoms with E-state index in [2.05, 4.69) is 32.9 Å². The Morgan fingerprint density at radius 1 is 1.33 bits per heavy atom. The quantitative estimate of drug-likeness (QED) is 0.654. The molecule has 0 aromatic rings. The molecule has 1 nitrogen and oxygen atoms in total. The average Bonchev–Trinajstić information content (AvgIpc) is 2.31. The van der Waals surface area contributed by atoms with Gasteiger partial charge in [0.25, 0.3) is 0 Å². The van der Waals surface area contributed by atoms with Crippen molar-refractivity contribution in [2.24, 2.45) is 17.3 Å². The third kappa shape index (κ3) is 1.56. The zero-order valence-corrected chi connectivity index (χ0v) is 10.3. The van der Waals surface area contributed by atoms with E-state index in [4.69, 9.17) is 0 Å². The largest absolute Gasteiger partial charge is 0.385 e. The fourth-order valence-corrected chi connectivity index (χ4v) is 3.91. The lowest BCUT2D eigenvalue weighted by molar-refractivity contribution is -0.0415. The van der Waals surface area contributed by atoms with Crippen LogP contribution in [0.4, 0.5) is 0 Å². The third-order valence-corrected chi connectivity index (χ3v) is 4.91. The number of aliphatic hydroxyl groups is 1. The van der Waals surface area contributed by atoms with Crippen molar-refractivity contribution < 1.29 is 5.11 Å². The molecule has 0 radical (unpaired) electrons. The second-order valence-electron chi connectivity index (χ2n) is 6.03. The molecule has 1 saturated carbocycles. The monoisotopic (exact) mass is 208 g/mol. The summed E-state index contributed by atoms with van der Waals surface area (Å²) in [6, 6.07) is 0. The third-order valence-electron chi connectivity index (χ3n) is 4.91. The summed E-state index contributed by atoms with van der Waals surface area (Å²) < 4.78 is 0. The molecular weight excluding hydrogens is 184 g/mol. The van der Waals surface area contributed by atoms with E-state index in [1.165, 1.54) is 19.3 Å². The first kappa shape index (κ1) is 11.2. The standard InChI is InChI=1S/C14H24O/c1-11(2)12-7-10-14(15)9-6-4-5-8-13(12,14)3/h6,9,11-12,15H,4-5,7-8,10H2,1-3H3/t12-,13-,14?/m1/s1. The van der Waals surface area contributed by atoms with Gasteiger partial charge in [0.15, 0.2) is 0 Å². The normalized spacial score (nSPS) is 45.5. The van der Waals surface area contributed by atoms with Crippen molar-refractivity contribution in [3.8, 4) is 0 Å². The average molecular weight is 208 g/mol. The number of hydrogen-bond donors (Lipinski definition) is 1. The predicted molar refractivity (Wildman–Crippen MR) is 63.6 cm³/mol. The molecule has 2 aliphatic rings. The maximum Gasteiger partial charge on any atom is 0.0883 e. The molecule has 0 bridgehead atoms. The Kier molecular flexibility index (Phi) is 2.70. The van der Waals surface area contributed by atoms with Crippen LogP contribution < -0.4 is 0 Å². The molecule has 1 N–H and O–H groups in total. The van der Waals surface area contributed by atoms with E-state index in [0.29, 0.717) is 11.8 Å². The molecule has 0 aromatic carbocycles. The van der Waals surface area contributed by atoms with Crippen LogP contribution in [0.25, 0.3) is 0 Å². The van der Waals surface area contributed by atoms with Crippen molar-refractivity contribution in [3.63, 3.8) is 0 Å². The molecule has 0 aromatic heterocycles. The van der Waals surface area contributed by atoms with Crippen LogP contribution in [-0.4, -0.2) is 10.7 Å². The summed E-state index contributed by atoms with van der Waals surface area (Å²) in [5.41, 5.74) is -0.396. The van der Waals surface area contributed by atoms with Gasteiger partial charge in [0.1, 0.15) is 0 Å². The molecule has 0 aliphatic heterocycles. The SMILES string of the molecule is CC(C)[C@H]1CCC2(O)C=CCCC[C@]12C. The Morgan fingerprint density at radius 3 is 2.73 bits per heavy atom. The van der Waals surface area contributed by atoms with E-state index in [0.717, 1.165) is 12.8 Å². The van der Waals surface area contributed by atoms with Crippen LogP contribution in [0, 0.1) is 17.3 Å². The minimum atomic E-state index is -0.515. The first-order valence-electron chi connectivity index (χ1n) is 6.40. The summed E-state index contributed by atoms with van der Waals surface area (Å²) in [5.74, 6) is 1.38. The highest BCUT2D eigenvalue weighted by molar-refractivity contribution is 5.17. The molecule has 15 heavy (non-hydrogen) atoms. The predicted octanol–water partition coefficient (Wildman–Crippen LogP) is 3.53. The summed E-state index contributed by atoms with van der Waals surface area (Å²) >= 11 is 0. The Morgan fingerprint density at radius 2 is 2.07 bits per heavy atom. The van der Waals surface area contributed by atoms with E-state index in [1.54, 1.807) is 0 Å². The van der Waals surface area contributed by atoms with Gasteiger partial charge < -0.3 is 5.11 Å². The molecule has 0 amide bonds. The number of hydrogen-bond acceptors (Lipinski definition) is 1. The lowest BCUT2D eigenvalue weighted by Crippen LogP contribution is -2.44.